The molecule has 0 aromatic carbocycles. The Morgan fingerprint density at radius 1 is 1.50 bits per heavy atom. The zero-order valence-corrected chi connectivity index (χ0v) is 8.98. The summed E-state index contributed by atoms with van der Waals surface area (Å²) in [4.78, 5) is 32.8. The van der Waals surface area contributed by atoms with Gasteiger partial charge in [-0.05, 0) is 12.1 Å². The van der Waals surface area contributed by atoms with Crippen molar-refractivity contribution in [2.75, 3.05) is 0 Å². The van der Waals surface area contributed by atoms with Gasteiger partial charge in [0.05, 0.1) is 0 Å². The van der Waals surface area contributed by atoms with E-state index in [1.807, 2.05) is 0 Å². The summed E-state index contributed by atoms with van der Waals surface area (Å²) < 4.78 is 0. The van der Waals surface area contributed by atoms with Gasteiger partial charge in [-0.1, -0.05) is 6.07 Å². The van der Waals surface area contributed by atoms with Crippen molar-refractivity contribution in [2.45, 2.75) is 6.04 Å². The van der Waals surface area contributed by atoms with Crippen LogP contribution in [0, 0.1) is 10.1 Å². The predicted octanol–water partition coefficient (Wildman–Crippen LogP) is -0.799. The maximum absolute atomic E-state index is 11.4. The van der Waals surface area contributed by atoms with Crippen molar-refractivity contribution < 1.29 is 9.72 Å². The van der Waals surface area contributed by atoms with Crippen LogP contribution in [0.2, 0.25) is 0 Å². The first-order chi connectivity index (χ1) is 8.58. The van der Waals surface area contributed by atoms with Crippen molar-refractivity contribution in [3.63, 3.8) is 0 Å². The first-order valence-electron chi connectivity index (χ1n) is 4.86. The number of amides is 1. The number of aliphatic imine (C=N–C) groups is 2. The van der Waals surface area contributed by atoms with Crippen LogP contribution in [0.1, 0.15) is 0 Å². The number of pyridine rings is 1. The molecule has 1 amide bonds. The quantitative estimate of drug-likeness (QED) is 0.521. The molecule has 9 heteroatoms. The molecule has 1 aromatic rings. The summed E-state index contributed by atoms with van der Waals surface area (Å²) in [5.74, 6) is -1.18. The summed E-state index contributed by atoms with van der Waals surface area (Å²) in [5, 5.41) is 12.9. The van der Waals surface area contributed by atoms with Crippen LogP contribution >= 0.6 is 0 Å². The van der Waals surface area contributed by atoms with E-state index in [9.17, 15) is 14.9 Å². The average molecular weight is 248 g/mol. The highest BCUT2D eigenvalue weighted by Gasteiger charge is 2.39. The van der Waals surface area contributed by atoms with E-state index in [0.29, 0.717) is 0 Å². The number of carbonyl (C=O) groups excluding carboxylic acids is 1. The maximum Gasteiger partial charge on any atom is 0.348 e. The summed E-state index contributed by atoms with van der Waals surface area (Å²) in [7, 11) is 0. The fraction of sp³-hybridized carbons (Fsp3) is 0.111. The van der Waals surface area contributed by atoms with Crippen molar-refractivity contribution in [2.24, 2.45) is 15.7 Å². The number of rotatable bonds is 2. The van der Waals surface area contributed by atoms with Gasteiger partial charge in [0.25, 0.3) is 0 Å². The standard InChI is InChI=1S/C9H8N6O3/c10-9-13-7(6(15(17)18)8(16)14-9)12-5-3-1-2-4-11-5/h1-4,6H,(H3,10,11,12,13,14,16). The van der Waals surface area contributed by atoms with Crippen LogP contribution in [0.25, 0.3) is 0 Å². The van der Waals surface area contributed by atoms with Gasteiger partial charge in [0.15, 0.2) is 5.82 Å². The Labute approximate surface area is 101 Å². The predicted molar refractivity (Wildman–Crippen MR) is 61.9 cm³/mol. The van der Waals surface area contributed by atoms with Crippen LogP contribution < -0.4 is 11.1 Å². The van der Waals surface area contributed by atoms with Crippen LogP contribution in [0.5, 0.6) is 0 Å². The van der Waals surface area contributed by atoms with E-state index < -0.39 is 16.9 Å². The number of nitrogens with one attached hydrogen (secondary N) is 1. The molecule has 92 valence electrons. The van der Waals surface area contributed by atoms with Gasteiger partial charge in [0.2, 0.25) is 11.8 Å². The molecule has 0 radical (unpaired) electrons. The topological polar surface area (TPSA) is 136 Å². The van der Waals surface area contributed by atoms with Crippen LogP contribution in [-0.4, -0.2) is 33.7 Å². The van der Waals surface area contributed by atoms with Crippen molar-refractivity contribution in [3.05, 3.63) is 34.5 Å². The monoisotopic (exact) mass is 248 g/mol. The summed E-state index contributed by atoms with van der Waals surface area (Å²) in [6, 6.07) is 3.17. The average Bonchev–Trinajstić information content (AvgIpc) is 2.28. The van der Waals surface area contributed by atoms with Crippen molar-refractivity contribution >= 4 is 23.5 Å². The molecular formula is C9H8N6O3. The molecule has 1 aromatic heterocycles. The van der Waals surface area contributed by atoms with E-state index in [1.54, 1.807) is 12.1 Å². The lowest BCUT2D eigenvalue weighted by molar-refractivity contribution is -0.489. The first kappa shape index (κ1) is 11.6. The molecule has 1 aliphatic heterocycles. The molecule has 2 rings (SSSR count). The second-order valence-electron chi connectivity index (χ2n) is 3.33. The maximum atomic E-state index is 11.4. The minimum absolute atomic E-state index is 0.214. The van der Waals surface area contributed by atoms with Gasteiger partial charge in [-0.2, -0.15) is 4.99 Å². The molecular weight excluding hydrogens is 240 g/mol. The van der Waals surface area contributed by atoms with Gasteiger partial charge in [0.1, 0.15) is 0 Å². The minimum atomic E-state index is -1.68. The number of carbonyl (C=O) groups is 1. The number of aromatic nitrogens is 1. The van der Waals surface area contributed by atoms with Crippen molar-refractivity contribution in [1.29, 1.82) is 0 Å². The molecule has 0 saturated heterocycles. The molecule has 0 spiro atoms. The lowest BCUT2D eigenvalue weighted by Gasteiger charge is -2.14. The van der Waals surface area contributed by atoms with E-state index >= 15 is 0 Å². The zero-order chi connectivity index (χ0) is 13.1. The molecule has 1 unspecified atom stereocenters. The van der Waals surface area contributed by atoms with Gasteiger partial charge in [-0.15, -0.1) is 0 Å². The number of nitro groups is 1. The Balaban J connectivity index is 2.45. The Morgan fingerprint density at radius 3 is 2.89 bits per heavy atom. The van der Waals surface area contributed by atoms with E-state index in [-0.39, 0.29) is 17.6 Å². The van der Waals surface area contributed by atoms with E-state index in [4.69, 9.17) is 5.73 Å². The SMILES string of the molecule is NC1=N/C(=N\c2ccccn2)C([N+](=O)[O-])C(=O)N1. The van der Waals surface area contributed by atoms with Gasteiger partial charge >= 0.3 is 11.9 Å². The summed E-state index contributed by atoms with van der Waals surface area (Å²) >= 11 is 0. The van der Waals surface area contributed by atoms with Gasteiger partial charge < -0.3 is 5.73 Å². The smallest absolute Gasteiger partial charge is 0.348 e. The van der Waals surface area contributed by atoms with Gasteiger partial charge in [-0.3, -0.25) is 20.2 Å². The van der Waals surface area contributed by atoms with Crippen LogP contribution in [0.4, 0.5) is 5.82 Å². The number of guanidine groups is 1. The van der Waals surface area contributed by atoms with E-state index in [2.05, 4.69) is 20.3 Å². The highest BCUT2D eigenvalue weighted by Crippen LogP contribution is 2.10. The molecule has 0 saturated carbocycles. The fourth-order valence-electron chi connectivity index (χ4n) is 1.34. The second kappa shape index (κ2) is 4.57. The highest BCUT2D eigenvalue weighted by atomic mass is 16.6. The Bertz CT molecular complexity index is 553. The molecule has 2 heterocycles. The van der Waals surface area contributed by atoms with Crippen molar-refractivity contribution in [1.82, 2.24) is 10.3 Å². The number of nitrogens with two attached hydrogens (primary N) is 1. The summed E-state index contributed by atoms with van der Waals surface area (Å²) in [5.41, 5.74) is 5.33. The highest BCUT2D eigenvalue weighted by molar-refractivity contribution is 6.18. The Hall–Kier alpha value is -2.84. The molecule has 18 heavy (non-hydrogen) atoms. The third-order valence-corrected chi connectivity index (χ3v) is 2.07. The van der Waals surface area contributed by atoms with Crippen LogP contribution in [0.3, 0.4) is 0 Å². The zero-order valence-electron chi connectivity index (χ0n) is 8.98. The van der Waals surface area contributed by atoms with E-state index in [1.165, 1.54) is 12.3 Å². The second-order valence-corrected chi connectivity index (χ2v) is 3.33. The summed E-state index contributed by atoms with van der Waals surface area (Å²) in [6.07, 6.45) is 1.47. The molecule has 0 bridgehead atoms. The Morgan fingerprint density at radius 2 is 2.28 bits per heavy atom. The van der Waals surface area contributed by atoms with Crippen LogP contribution in [0.15, 0.2) is 34.4 Å². The Kier molecular flexibility index (Phi) is 2.96. The number of hydrogen-bond donors (Lipinski definition) is 2. The van der Waals surface area contributed by atoms with Crippen LogP contribution in [-0.2, 0) is 4.79 Å². The fourth-order valence-corrected chi connectivity index (χ4v) is 1.34. The molecule has 1 atom stereocenters. The largest absolute Gasteiger partial charge is 0.369 e. The lowest BCUT2D eigenvalue weighted by Crippen LogP contribution is -2.53. The number of amidine groups is 1. The molecule has 0 aliphatic carbocycles. The first-order valence-corrected chi connectivity index (χ1v) is 4.86. The lowest BCUT2D eigenvalue weighted by atomic mass is 10.2. The summed E-state index contributed by atoms with van der Waals surface area (Å²) in [6.45, 7) is 0. The number of hydrogen-bond acceptors (Lipinski definition) is 6. The molecule has 3 N–H and O–H groups in total. The van der Waals surface area contributed by atoms with Crippen molar-refractivity contribution in [3.8, 4) is 0 Å². The minimum Gasteiger partial charge on any atom is -0.369 e. The molecule has 9 nitrogen and oxygen atoms in total. The van der Waals surface area contributed by atoms with Gasteiger partial charge in [0, 0.05) is 11.1 Å². The molecule has 1 aliphatic rings. The van der Waals surface area contributed by atoms with Gasteiger partial charge in [-0.25, -0.2) is 9.98 Å². The number of nitrogens with zero attached hydrogens (tertiary/aromatic N) is 4. The normalized spacial score (nSPS) is 21.3. The third kappa shape index (κ3) is 2.29. The third-order valence-electron chi connectivity index (χ3n) is 2.07. The molecule has 0 fully saturated rings. The van der Waals surface area contributed by atoms with E-state index in [0.717, 1.165) is 0 Å².